The summed E-state index contributed by atoms with van der Waals surface area (Å²) in [5.41, 5.74) is 1.91. The molecule has 184 valence electrons. The third-order valence-electron chi connectivity index (χ3n) is 5.52. The number of aromatic nitrogens is 2. The first-order chi connectivity index (χ1) is 17.3. The Kier molecular flexibility index (Phi) is 7.95. The largest absolute Gasteiger partial charge is 0.348 e. The van der Waals surface area contributed by atoms with Crippen LogP contribution in [-0.2, 0) is 13.1 Å². The summed E-state index contributed by atoms with van der Waals surface area (Å²) in [7, 11) is 0. The van der Waals surface area contributed by atoms with Gasteiger partial charge in [-0.1, -0.05) is 68.1 Å². The summed E-state index contributed by atoms with van der Waals surface area (Å²) in [4.78, 5) is 43.4. The fraction of sp³-hybridized carbons (Fsp3) is 0.214. The molecular weight excluding hydrogens is 477 g/mol. The lowest BCUT2D eigenvalue weighted by atomic mass is 10.1. The second-order valence-electron chi connectivity index (χ2n) is 8.82. The minimum Gasteiger partial charge on any atom is -0.348 e. The van der Waals surface area contributed by atoms with Crippen LogP contribution in [-0.4, -0.2) is 27.0 Å². The summed E-state index contributed by atoms with van der Waals surface area (Å²) in [6, 6.07) is 19.7. The molecule has 0 saturated heterocycles. The van der Waals surface area contributed by atoms with E-state index in [1.54, 1.807) is 47.0 Å². The molecule has 0 radical (unpaired) electrons. The van der Waals surface area contributed by atoms with E-state index in [9.17, 15) is 18.8 Å². The quantitative estimate of drug-likeness (QED) is 0.195. The monoisotopic (exact) mass is 503 g/mol. The molecule has 0 saturated carbocycles. The van der Waals surface area contributed by atoms with Gasteiger partial charge in [-0.2, -0.15) is 0 Å². The second kappa shape index (κ2) is 11.3. The number of rotatable bonds is 9. The minimum atomic E-state index is -0.340. The van der Waals surface area contributed by atoms with Crippen molar-refractivity contribution >= 4 is 34.4 Å². The first kappa shape index (κ1) is 25.3. The van der Waals surface area contributed by atoms with Crippen molar-refractivity contribution in [1.29, 1.82) is 0 Å². The van der Waals surface area contributed by atoms with Crippen molar-refractivity contribution in [3.8, 4) is 0 Å². The van der Waals surface area contributed by atoms with Gasteiger partial charge in [0.05, 0.1) is 16.7 Å². The Labute approximate surface area is 212 Å². The van der Waals surface area contributed by atoms with Gasteiger partial charge in [0.2, 0.25) is 0 Å². The number of hydrogen-bond acceptors (Lipinski definition) is 5. The van der Waals surface area contributed by atoms with Gasteiger partial charge in [0.15, 0.2) is 10.9 Å². The highest BCUT2D eigenvalue weighted by Crippen LogP contribution is 2.21. The van der Waals surface area contributed by atoms with Gasteiger partial charge < -0.3 is 5.32 Å². The molecule has 1 heterocycles. The Morgan fingerprint density at radius 3 is 2.42 bits per heavy atom. The van der Waals surface area contributed by atoms with Gasteiger partial charge in [-0.25, -0.2) is 9.37 Å². The summed E-state index contributed by atoms with van der Waals surface area (Å²) in [5, 5.41) is 3.65. The van der Waals surface area contributed by atoms with Gasteiger partial charge in [0, 0.05) is 24.2 Å². The van der Waals surface area contributed by atoms with E-state index in [4.69, 9.17) is 0 Å². The Balaban J connectivity index is 1.60. The van der Waals surface area contributed by atoms with Crippen LogP contribution in [0.15, 0.2) is 82.7 Å². The van der Waals surface area contributed by atoms with Crippen LogP contribution < -0.4 is 10.9 Å². The van der Waals surface area contributed by atoms with Crippen molar-refractivity contribution in [2.45, 2.75) is 32.1 Å². The Bertz CT molecular complexity index is 1450. The Hall–Kier alpha value is -3.78. The van der Waals surface area contributed by atoms with Crippen molar-refractivity contribution in [1.82, 2.24) is 14.9 Å². The smallest absolute Gasteiger partial charge is 0.262 e. The number of nitrogens with zero attached hydrogens (tertiary/aromatic N) is 2. The third-order valence-corrected chi connectivity index (χ3v) is 6.50. The van der Waals surface area contributed by atoms with E-state index in [0.29, 0.717) is 33.7 Å². The van der Waals surface area contributed by atoms with E-state index < -0.39 is 0 Å². The fourth-order valence-electron chi connectivity index (χ4n) is 3.70. The highest BCUT2D eigenvalue weighted by molar-refractivity contribution is 7.99. The maximum Gasteiger partial charge on any atom is 0.262 e. The highest BCUT2D eigenvalue weighted by atomic mass is 32.2. The first-order valence-corrected chi connectivity index (χ1v) is 12.6. The van der Waals surface area contributed by atoms with Gasteiger partial charge in [-0.3, -0.25) is 19.0 Å². The molecule has 1 N–H and O–H groups in total. The zero-order chi connectivity index (χ0) is 25.7. The highest BCUT2D eigenvalue weighted by Gasteiger charge is 2.16. The van der Waals surface area contributed by atoms with Crippen molar-refractivity contribution in [3.63, 3.8) is 0 Å². The van der Waals surface area contributed by atoms with Crippen LogP contribution in [0.25, 0.3) is 10.9 Å². The number of carbonyl (C=O) groups excluding carboxylic acids is 2. The summed E-state index contributed by atoms with van der Waals surface area (Å²) in [6.45, 7) is 4.72. The van der Waals surface area contributed by atoms with Gasteiger partial charge in [0.1, 0.15) is 5.82 Å². The molecule has 0 unspecified atom stereocenters. The SMILES string of the molecule is CC(C)Cn1c(SCC(=O)c2ccccc2)nc2cc(C(=O)NCc3ccc(F)cc3)ccc2c1=O. The molecule has 0 aliphatic carbocycles. The number of benzene rings is 3. The van der Waals surface area contributed by atoms with Gasteiger partial charge >= 0.3 is 0 Å². The lowest BCUT2D eigenvalue weighted by molar-refractivity contribution is 0.0950. The number of halogens is 1. The van der Waals surface area contributed by atoms with Crippen molar-refractivity contribution < 1.29 is 14.0 Å². The molecule has 6 nitrogen and oxygen atoms in total. The first-order valence-electron chi connectivity index (χ1n) is 11.6. The lowest BCUT2D eigenvalue weighted by Gasteiger charge is -2.15. The lowest BCUT2D eigenvalue weighted by Crippen LogP contribution is -2.26. The predicted molar refractivity (Wildman–Crippen MR) is 140 cm³/mol. The average Bonchev–Trinajstić information content (AvgIpc) is 2.88. The van der Waals surface area contributed by atoms with E-state index in [0.717, 1.165) is 5.56 Å². The third kappa shape index (κ3) is 6.07. The normalized spacial score (nSPS) is 11.1. The number of hydrogen-bond donors (Lipinski definition) is 1. The van der Waals surface area contributed by atoms with Crippen LogP contribution in [0, 0.1) is 11.7 Å². The summed E-state index contributed by atoms with van der Waals surface area (Å²) in [5.74, 6) is -0.392. The van der Waals surface area contributed by atoms with E-state index >= 15 is 0 Å². The van der Waals surface area contributed by atoms with Crippen molar-refractivity contribution in [2.24, 2.45) is 5.92 Å². The molecule has 4 rings (SSSR count). The van der Waals surface area contributed by atoms with E-state index in [1.165, 1.54) is 23.9 Å². The van der Waals surface area contributed by atoms with Crippen LogP contribution in [0.1, 0.15) is 40.1 Å². The molecule has 0 aliphatic rings. The Morgan fingerprint density at radius 2 is 1.72 bits per heavy atom. The Morgan fingerprint density at radius 1 is 1.00 bits per heavy atom. The number of Topliss-reactive ketones (excluding diaryl/α,β-unsaturated/α-hetero) is 1. The number of fused-ring (bicyclic) bond motifs is 1. The molecule has 0 atom stereocenters. The van der Waals surface area contributed by atoms with Crippen LogP contribution in [0.2, 0.25) is 0 Å². The molecule has 0 bridgehead atoms. The number of nitrogens with one attached hydrogen (secondary N) is 1. The number of carbonyl (C=O) groups is 2. The molecule has 1 aromatic heterocycles. The molecule has 8 heteroatoms. The zero-order valence-corrected chi connectivity index (χ0v) is 20.8. The molecule has 3 aromatic carbocycles. The average molecular weight is 504 g/mol. The van der Waals surface area contributed by atoms with E-state index in [1.807, 2.05) is 32.0 Å². The molecule has 1 amide bonds. The summed E-state index contributed by atoms with van der Waals surface area (Å²) >= 11 is 1.22. The van der Waals surface area contributed by atoms with Crippen LogP contribution in [0.5, 0.6) is 0 Å². The molecule has 0 aliphatic heterocycles. The van der Waals surface area contributed by atoms with Gasteiger partial charge in [-0.15, -0.1) is 0 Å². The van der Waals surface area contributed by atoms with Crippen molar-refractivity contribution in [2.75, 3.05) is 5.75 Å². The maximum absolute atomic E-state index is 13.3. The van der Waals surface area contributed by atoms with Gasteiger partial charge in [0.25, 0.3) is 11.5 Å². The molecule has 36 heavy (non-hydrogen) atoms. The summed E-state index contributed by atoms with van der Waals surface area (Å²) in [6.07, 6.45) is 0. The number of amides is 1. The van der Waals surface area contributed by atoms with E-state index in [-0.39, 0.29) is 41.3 Å². The van der Waals surface area contributed by atoms with Crippen molar-refractivity contribution in [3.05, 3.63) is 106 Å². The molecular formula is C28H26FN3O3S. The predicted octanol–water partition coefficient (Wildman–Crippen LogP) is 5.10. The molecule has 0 spiro atoms. The molecule has 0 fully saturated rings. The van der Waals surface area contributed by atoms with Gasteiger partial charge in [-0.05, 0) is 41.8 Å². The summed E-state index contributed by atoms with van der Waals surface area (Å²) < 4.78 is 14.7. The number of thioether (sulfide) groups is 1. The zero-order valence-electron chi connectivity index (χ0n) is 20.0. The molecule has 4 aromatic rings. The van der Waals surface area contributed by atoms with Crippen LogP contribution in [0.4, 0.5) is 4.39 Å². The van der Waals surface area contributed by atoms with Crippen LogP contribution >= 0.6 is 11.8 Å². The minimum absolute atomic E-state index is 0.0556. The maximum atomic E-state index is 13.3. The van der Waals surface area contributed by atoms with Crippen LogP contribution in [0.3, 0.4) is 0 Å². The van der Waals surface area contributed by atoms with E-state index in [2.05, 4.69) is 10.3 Å². The fourth-order valence-corrected chi connectivity index (χ4v) is 4.61. The standard InChI is InChI=1S/C28H26FN3O3S/c1-18(2)16-32-27(35)23-13-10-21(26(34)30-15-19-8-11-22(29)12-9-19)14-24(23)31-28(32)36-17-25(33)20-6-4-3-5-7-20/h3-14,18H,15-17H2,1-2H3,(H,30,34). The second-order valence-corrected chi connectivity index (χ2v) is 9.77. The topological polar surface area (TPSA) is 81.1 Å². The number of ketones is 1.